The summed E-state index contributed by atoms with van der Waals surface area (Å²) in [4.78, 5) is 58.4. The third-order valence-corrected chi connectivity index (χ3v) is 8.81. The first-order valence-electron chi connectivity index (χ1n) is 14.4. The van der Waals surface area contributed by atoms with Crippen molar-refractivity contribution in [2.45, 2.75) is 95.1 Å². The molecular formula is C29H38IN3O10. The molecule has 3 heterocycles. The minimum absolute atomic E-state index is 0.00283. The van der Waals surface area contributed by atoms with Gasteiger partial charge in [-0.2, -0.15) is 5.06 Å². The fourth-order valence-corrected chi connectivity index (χ4v) is 6.61. The van der Waals surface area contributed by atoms with Crippen molar-refractivity contribution in [1.82, 2.24) is 15.7 Å². The number of aliphatic hydroxyl groups excluding tert-OH is 1. The van der Waals surface area contributed by atoms with Crippen molar-refractivity contribution in [1.29, 1.82) is 0 Å². The Morgan fingerprint density at radius 2 is 1.88 bits per heavy atom. The van der Waals surface area contributed by atoms with Gasteiger partial charge in [-0.05, 0) is 67.5 Å². The molecule has 0 aromatic heterocycles. The van der Waals surface area contributed by atoms with E-state index in [0.29, 0.717) is 0 Å². The number of esters is 2. The number of fused-ring (bicyclic) bond motifs is 4. The first-order valence-corrected chi connectivity index (χ1v) is 15.5. The summed E-state index contributed by atoms with van der Waals surface area (Å²) in [5, 5.41) is 16.7. The van der Waals surface area contributed by atoms with Gasteiger partial charge in [0.1, 0.15) is 42.2 Å². The van der Waals surface area contributed by atoms with Crippen LogP contribution in [0.25, 0.3) is 0 Å². The standard InChI is InChI=1S/C29H38IN3O10/c1-28(2,3)42-21(36)9-8-18(14-34)32-20(35)10-11-31-27(38)29-12-19-22-23(40-15-39-22)25(29)43-33(24(29)26(37)41-19)13-16-4-6-17(30)7-5-16/h4-7,18-19,22-25,34H,8-15H2,1-3H3,(H,31,38)(H,32,35). The maximum Gasteiger partial charge on any atom is 0.327 e. The Kier molecular flexibility index (Phi) is 9.63. The molecule has 4 fully saturated rings. The normalized spacial score (nSPS) is 30.3. The van der Waals surface area contributed by atoms with Crippen LogP contribution < -0.4 is 10.6 Å². The van der Waals surface area contributed by atoms with E-state index in [9.17, 15) is 24.3 Å². The molecule has 2 amide bonds. The predicted molar refractivity (Wildman–Crippen MR) is 157 cm³/mol. The number of aliphatic hydroxyl groups is 1. The number of rotatable bonds is 11. The Bertz CT molecular complexity index is 1220. The number of nitrogens with one attached hydrogen (secondary N) is 2. The summed E-state index contributed by atoms with van der Waals surface area (Å²) in [5.74, 6) is -1.82. The van der Waals surface area contributed by atoms with Gasteiger partial charge < -0.3 is 34.7 Å². The average Bonchev–Trinajstić information content (AvgIpc) is 3.56. The first-order chi connectivity index (χ1) is 20.4. The van der Waals surface area contributed by atoms with Gasteiger partial charge in [-0.25, -0.2) is 0 Å². The van der Waals surface area contributed by atoms with Gasteiger partial charge in [-0.15, -0.1) is 0 Å². The molecule has 1 saturated carbocycles. The Morgan fingerprint density at radius 3 is 2.58 bits per heavy atom. The fourth-order valence-electron chi connectivity index (χ4n) is 6.25. The molecule has 43 heavy (non-hydrogen) atoms. The maximum absolute atomic E-state index is 14.0. The number of carbonyl (C=O) groups excluding carboxylic acids is 4. The van der Waals surface area contributed by atoms with Gasteiger partial charge in [0, 0.05) is 29.4 Å². The van der Waals surface area contributed by atoms with Crippen LogP contribution in [0.1, 0.15) is 52.0 Å². The number of benzene rings is 1. The number of hydrogen-bond acceptors (Lipinski definition) is 11. The zero-order valence-corrected chi connectivity index (χ0v) is 26.5. The Balaban J connectivity index is 1.23. The minimum Gasteiger partial charge on any atom is -0.460 e. The zero-order valence-electron chi connectivity index (χ0n) is 24.4. The van der Waals surface area contributed by atoms with Crippen LogP contribution in [0.5, 0.6) is 0 Å². The molecule has 5 rings (SSSR count). The van der Waals surface area contributed by atoms with E-state index in [0.717, 1.165) is 9.13 Å². The van der Waals surface area contributed by atoms with Crippen molar-refractivity contribution >= 4 is 46.3 Å². The second-order valence-electron chi connectivity index (χ2n) is 12.3. The SMILES string of the molecule is CC(C)(C)OC(=O)CCC(CO)NC(=O)CCNC(=O)C12CC3OC(=O)C1N(Cc1ccc(I)cc1)OC2C1OCOC31. The molecule has 1 aromatic rings. The van der Waals surface area contributed by atoms with Gasteiger partial charge in [0.05, 0.1) is 19.2 Å². The van der Waals surface area contributed by atoms with E-state index in [1.807, 2.05) is 24.3 Å². The van der Waals surface area contributed by atoms with Crippen molar-refractivity contribution < 1.29 is 48.1 Å². The largest absolute Gasteiger partial charge is 0.460 e. The van der Waals surface area contributed by atoms with E-state index in [2.05, 4.69) is 33.2 Å². The third kappa shape index (κ3) is 6.83. The number of ether oxygens (including phenoxy) is 4. The van der Waals surface area contributed by atoms with Crippen LogP contribution in [0.15, 0.2) is 24.3 Å². The van der Waals surface area contributed by atoms with Gasteiger partial charge in [0.25, 0.3) is 0 Å². The van der Waals surface area contributed by atoms with Crippen LogP contribution in [-0.4, -0.2) is 96.0 Å². The van der Waals surface area contributed by atoms with Crippen molar-refractivity contribution in [2.24, 2.45) is 5.41 Å². The molecule has 236 valence electrons. The Hall–Kier alpha value is -2.37. The molecule has 1 aliphatic carbocycles. The van der Waals surface area contributed by atoms with E-state index in [4.69, 9.17) is 23.8 Å². The van der Waals surface area contributed by atoms with Crippen LogP contribution in [0.2, 0.25) is 0 Å². The summed E-state index contributed by atoms with van der Waals surface area (Å²) >= 11 is 2.21. The highest BCUT2D eigenvalue weighted by Crippen LogP contribution is 2.55. The number of nitrogens with zero attached hydrogens (tertiary/aromatic N) is 1. The lowest BCUT2D eigenvalue weighted by Gasteiger charge is -2.48. The molecule has 1 aromatic carbocycles. The summed E-state index contributed by atoms with van der Waals surface area (Å²) in [7, 11) is 0. The smallest absolute Gasteiger partial charge is 0.327 e. The second-order valence-corrected chi connectivity index (χ2v) is 13.6. The third-order valence-electron chi connectivity index (χ3n) is 8.09. The lowest BCUT2D eigenvalue weighted by molar-refractivity contribution is -0.201. The van der Waals surface area contributed by atoms with Crippen LogP contribution in [0.4, 0.5) is 0 Å². The molecule has 3 saturated heterocycles. The second kappa shape index (κ2) is 12.9. The monoisotopic (exact) mass is 715 g/mol. The van der Waals surface area contributed by atoms with E-state index >= 15 is 0 Å². The molecule has 14 heteroatoms. The Morgan fingerprint density at radius 1 is 1.16 bits per heavy atom. The first kappa shape index (κ1) is 32.0. The van der Waals surface area contributed by atoms with Crippen LogP contribution in [0.3, 0.4) is 0 Å². The predicted octanol–water partition coefficient (Wildman–Crippen LogP) is 0.938. The van der Waals surface area contributed by atoms with Crippen LogP contribution in [-0.2, 0) is 49.5 Å². The van der Waals surface area contributed by atoms with Crippen molar-refractivity contribution in [3.63, 3.8) is 0 Å². The highest BCUT2D eigenvalue weighted by molar-refractivity contribution is 14.1. The number of hydroxylamine groups is 2. The summed E-state index contributed by atoms with van der Waals surface area (Å²) in [6.45, 7) is 5.18. The summed E-state index contributed by atoms with van der Waals surface area (Å²) in [6, 6.07) is 6.10. The maximum atomic E-state index is 14.0. The van der Waals surface area contributed by atoms with E-state index in [-0.39, 0.29) is 52.2 Å². The highest BCUT2D eigenvalue weighted by atomic mass is 127. The molecule has 2 bridgehead atoms. The molecule has 7 unspecified atom stereocenters. The van der Waals surface area contributed by atoms with Crippen molar-refractivity contribution in [3.8, 4) is 0 Å². The van der Waals surface area contributed by atoms with E-state index in [1.54, 1.807) is 20.8 Å². The number of carbonyl (C=O) groups is 4. The molecule has 3 N–H and O–H groups in total. The quantitative estimate of drug-likeness (QED) is 0.221. The Labute approximate surface area is 263 Å². The zero-order chi connectivity index (χ0) is 30.9. The van der Waals surface area contributed by atoms with Gasteiger partial charge in [-0.1, -0.05) is 12.1 Å². The molecular weight excluding hydrogens is 677 g/mol. The molecule has 0 radical (unpaired) electrons. The molecule has 0 spiro atoms. The number of halogens is 1. The molecule has 4 aliphatic rings. The van der Waals surface area contributed by atoms with Crippen LogP contribution >= 0.6 is 22.6 Å². The van der Waals surface area contributed by atoms with Gasteiger partial charge in [0.15, 0.2) is 6.04 Å². The summed E-state index contributed by atoms with van der Waals surface area (Å²) in [5.41, 5.74) is -1.04. The number of amides is 2. The van der Waals surface area contributed by atoms with E-state index in [1.165, 1.54) is 5.06 Å². The minimum atomic E-state index is -1.31. The summed E-state index contributed by atoms with van der Waals surface area (Å²) in [6.07, 6.45) is -2.26. The number of hydrogen-bond donors (Lipinski definition) is 3. The van der Waals surface area contributed by atoms with Crippen LogP contribution in [0, 0.1) is 8.99 Å². The lowest BCUT2D eigenvalue weighted by atomic mass is 9.62. The molecule has 7 atom stereocenters. The lowest BCUT2D eigenvalue weighted by Crippen LogP contribution is -2.69. The van der Waals surface area contributed by atoms with E-state index < -0.39 is 71.3 Å². The molecule has 13 nitrogen and oxygen atoms in total. The fraction of sp³-hybridized carbons (Fsp3) is 0.655. The molecule has 3 aliphatic heterocycles. The topological polar surface area (TPSA) is 162 Å². The van der Waals surface area contributed by atoms with Gasteiger partial charge >= 0.3 is 11.9 Å². The van der Waals surface area contributed by atoms with Gasteiger partial charge in [0.2, 0.25) is 11.8 Å². The average molecular weight is 716 g/mol. The van der Waals surface area contributed by atoms with Gasteiger partial charge in [-0.3, -0.25) is 24.0 Å². The van der Waals surface area contributed by atoms with Crippen molar-refractivity contribution in [3.05, 3.63) is 33.4 Å². The van der Waals surface area contributed by atoms with Crippen molar-refractivity contribution in [2.75, 3.05) is 19.9 Å². The highest BCUT2D eigenvalue weighted by Gasteiger charge is 2.74. The summed E-state index contributed by atoms with van der Waals surface area (Å²) < 4.78 is 23.7.